The number of aryl methyl sites for hydroxylation is 1. The van der Waals surface area contributed by atoms with Crippen molar-refractivity contribution in [2.75, 3.05) is 0 Å². The normalized spacial score (nSPS) is 13.4. The van der Waals surface area contributed by atoms with Gasteiger partial charge in [0, 0.05) is 10.8 Å². The first-order valence-electron chi connectivity index (χ1n) is 8.76. The van der Waals surface area contributed by atoms with Gasteiger partial charge >= 0.3 is 0 Å². The van der Waals surface area contributed by atoms with Gasteiger partial charge < -0.3 is 5.32 Å². The highest BCUT2D eigenvalue weighted by Crippen LogP contribution is 2.25. The van der Waals surface area contributed by atoms with Crippen molar-refractivity contribution in [2.24, 2.45) is 5.41 Å². The second-order valence-corrected chi connectivity index (χ2v) is 9.90. The topological polar surface area (TPSA) is 96.4 Å². The molecule has 0 aliphatic carbocycles. The van der Waals surface area contributed by atoms with E-state index in [9.17, 15) is 13.2 Å². The van der Waals surface area contributed by atoms with Gasteiger partial charge in [-0.05, 0) is 24.0 Å². The van der Waals surface area contributed by atoms with Gasteiger partial charge in [0.1, 0.15) is 10.8 Å². The van der Waals surface area contributed by atoms with E-state index in [0.29, 0.717) is 12.0 Å². The summed E-state index contributed by atoms with van der Waals surface area (Å²) in [5.74, 6) is -0.465. The number of nitrogens with zero attached hydrogens (tertiary/aromatic N) is 1. The van der Waals surface area contributed by atoms with Gasteiger partial charge in [-0.15, -0.1) is 11.3 Å². The molecule has 0 aliphatic rings. The van der Waals surface area contributed by atoms with Gasteiger partial charge in [0.2, 0.25) is 5.91 Å². The largest absolute Gasteiger partial charge is 0.346 e. The first kappa shape index (κ1) is 21.5. The van der Waals surface area contributed by atoms with Crippen LogP contribution in [0.25, 0.3) is 0 Å². The van der Waals surface area contributed by atoms with Crippen LogP contribution in [0.4, 0.5) is 0 Å². The van der Waals surface area contributed by atoms with Crippen molar-refractivity contribution >= 4 is 27.4 Å². The summed E-state index contributed by atoms with van der Waals surface area (Å²) in [6, 6.07) is 6.71. The zero-order valence-electron chi connectivity index (χ0n) is 16.0. The van der Waals surface area contributed by atoms with Crippen LogP contribution in [-0.4, -0.2) is 23.9 Å². The lowest BCUT2D eigenvalue weighted by atomic mass is 9.94. The van der Waals surface area contributed by atoms with Crippen LogP contribution in [0.3, 0.4) is 0 Å². The van der Waals surface area contributed by atoms with E-state index in [1.807, 2.05) is 45.2 Å². The highest BCUT2D eigenvalue weighted by molar-refractivity contribution is 7.85. The molecule has 0 spiro atoms. The maximum absolute atomic E-state index is 12.5. The van der Waals surface area contributed by atoms with Gasteiger partial charge in [-0.25, -0.2) is 4.98 Å². The zero-order chi connectivity index (χ0) is 20.2. The molecule has 0 saturated heterocycles. The lowest BCUT2D eigenvalue weighted by molar-refractivity contribution is -0.129. The molecule has 0 fully saturated rings. The smallest absolute Gasteiger partial charge is 0.269 e. The molecule has 2 N–H and O–H groups in total. The van der Waals surface area contributed by atoms with Crippen LogP contribution >= 0.6 is 11.3 Å². The van der Waals surface area contributed by atoms with Gasteiger partial charge in [-0.3, -0.25) is 9.35 Å². The van der Waals surface area contributed by atoms with Crippen molar-refractivity contribution in [1.29, 1.82) is 0 Å². The van der Waals surface area contributed by atoms with Crippen molar-refractivity contribution in [3.05, 3.63) is 51.5 Å². The molecular formula is C19H26N2O4S2. The molecule has 148 valence electrons. The number of hydrogen-bond donors (Lipinski definition) is 2. The molecule has 1 atom stereocenters. The van der Waals surface area contributed by atoms with Crippen molar-refractivity contribution in [3.8, 4) is 0 Å². The Morgan fingerprint density at radius 3 is 2.30 bits per heavy atom. The van der Waals surface area contributed by atoms with E-state index < -0.39 is 21.3 Å². The van der Waals surface area contributed by atoms with Crippen molar-refractivity contribution in [1.82, 2.24) is 10.3 Å². The number of amides is 1. The second-order valence-electron chi connectivity index (χ2n) is 7.55. The molecule has 0 radical (unpaired) electrons. The molecule has 1 aromatic heterocycles. The number of hydrogen-bond acceptors (Lipinski definition) is 5. The minimum Gasteiger partial charge on any atom is -0.346 e. The molecule has 1 heterocycles. The molecule has 27 heavy (non-hydrogen) atoms. The van der Waals surface area contributed by atoms with Gasteiger partial charge in [-0.2, -0.15) is 8.42 Å². The Balaban J connectivity index is 2.21. The Bertz CT molecular complexity index is 881. The predicted octanol–water partition coefficient (Wildman–Crippen LogP) is 3.54. The SMILES string of the molecule is CCc1csc([C@H](Cc2ccc(CS(=O)(=O)O)cc2)NC(=O)C(C)(C)C)n1. The third kappa shape index (κ3) is 6.71. The van der Waals surface area contributed by atoms with Crippen LogP contribution in [0.2, 0.25) is 0 Å². The third-order valence-electron chi connectivity index (χ3n) is 4.03. The summed E-state index contributed by atoms with van der Waals surface area (Å²) in [5, 5.41) is 5.94. The standard InChI is InChI=1S/C19H26N2O4S2/c1-5-15-11-26-17(20-15)16(21-18(22)19(2,3)4)10-13-6-8-14(9-7-13)12-27(23,24)25/h6-9,11,16H,5,10,12H2,1-4H3,(H,21,22)(H,23,24,25)/t16-/m0/s1. The van der Waals surface area contributed by atoms with Crippen molar-refractivity contribution < 1.29 is 17.8 Å². The van der Waals surface area contributed by atoms with Crippen LogP contribution in [0.15, 0.2) is 29.6 Å². The van der Waals surface area contributed by atoms with E-state index in [0.717, 1.165) is 22.7 Å². The van der Waals surface area contributed by atoms with E-state index in [-0.39, 0.29) is 11.9 Å². The van der Waals surface area contributed by atoms with E-state index >= 15 is 0 Å². The van der Waals surface area contributed by atoms with E-state index in [1.54, 1.807) is 12.1 Å². The fraction of sp³-hybridized carbons (Fsp3) is 0.474. The molecule has 0 unspecified atom stereocenters. The highest BCUT2D eigenvalue weighted by atomic mass is 32.2. The predicted molar refractivity (Wildman–Crippen MR) is 107 cm³/mol. The highest BCUT2D eigenvalue weighted by Gasteiger charge is 2.26. The third-order valence-corrected chi connectivity index (χ3v) is 5.73. The Kier molecular flexibility index (Phi) is 6.77. The Morgan fingerprint density at radius 1 is 1.22 bits per heavy atom. The molecule has 2 rings (SSSR count). The number of carbonyl (C=O) groups excluding carboxylic acids is 1. The number of aromatic nitrogens is 1. The van der Waals surface area contributed by atoms with Gasteiger partial charge in [0.05, 0.1) is 11.7 Å². The number of rotatable bonds is 7. The van der Waals surface area contributed by atoms with Gasteiger partial charge in [0.15, 0.2) is 0 Å². The van der Waals surface area contributed by atoms with Crippen molar-refractivity contribution in [3.63, 3.8) is 0 Å². The van der Waals surface area contributed by atoms with Gasteiger partial charge in [0.25, 0.3) is 10.1 Å². The molecular weight excluding hydrogens is 384 g/mol. The van der Waals surface area contributed by atoms with Crippen LogP contribution in [0, 0.1) is 5.41 Å². The number of thiazole rings is 1. The maximum Gasteiger partial charge on any atom is 0.269 e. The molecule has 0 saturated carbocycles. The van der Waals surface area contributed by atoms with E-state index in [4.69, 9.17) is 4.55 Å². The molecule has 2 aromatic rings. The monoisotopic (exact) mass is 410 g/mol. The average molecular weight is 411 g/mol. The van der Waals surface area contributed by atoms with Crippen molar-refractivity contribution in [2.45, 2.75) is 52.3 Å². The van der Waals surface area contributed by atoms with Crippen LogP contribution < -0.4 is 5.32 Å². The van der Waals surface area contributed by atoms with Crippen LogP contribution in [0.5, 0.6) is 0 Å². The Labute approximate surface area is 164 Å². The lowest BCUT2D eigenvalue weighted by Crippen LogP contribution is -2.38. The minimum atomic E-state index is -4.05. The summed E-state index contributed by atoms with van der Waals surface area (Å²) in [6.45, 7) is 7.63. The fourth-order valence-electron chi connectivity index (χ4n) is 2.44. The maximum atomic E-state index is 12.5. The van der Waals surface area contributed by atoms with Crippen LogP contribution in [-0.2, 0) is 33.5 Å². The molecule has 6 nitrogen and oxygen atoms in total. The molecule has 0 aliphatic heterocycles. The Morgan fingerprint density at radius 2 is 1.81 bits per heavy atom. The first-order chi connectivity index (χ1) is 12.5. The average Bonchev–Trinajstić information content (AvgIpc) is 3.02. The summed E-state index contributed by atoms with van der Waals surface area (Å²) in [6.07, 6.45) is 1.38. The summed E-state index contributed by atoms with van der Waals surface area (Å²) in [5.41, 5.74) is 1.94. The van der Waals surface area contributed by atoms with Gasteiger partial charge in [-0.1, -0.05) is 52.0 Å². The summed E-state index contributed by atoms with van der Waals surface area (Å²) in [7, 11) is -4.05. The van der Waals surface area contributed by atoms with E-state index in [2.05, 4.69) is 10.3 Å². The summed E-state index contributed by atoms with van der Waals surface area (Å²) >= 11 is 1.53. The molecule has 8 heteroatoms. The molecule has 1 amide bonds. The lowest BCUT2D eigenvalue weighted by Gasteiger charge is -2.23. The quantitative estimate of drug-likeness (QED) is 0.681. The Hall–Kier alpha value is -1.77. The number of carbonyl (C=O) groups is 1. The van der Waals surface area contributed by atoms with E-state index in [1.165, 1.54) is 11.3 Å². The summed E-state index contributed by atoms with van der Waals surface area (Å²) < 4.78 is 30.9. The summed E-state index contributed by atoms with van der Waals surface area (Å²) in [4.78, 5) is 17.1. The molecule has 0 bridgehead atoms. The zero-order valence-corrected chi connectivity index (χ0v) is 17.7. The number of benzene rings is 1. The first-order valence-corrected chi connectivity index (χ1v) is 11.2. The van der Waals surface area contributed by atoms with Crippen LogP contribution in [0.1, 0.15) is 55.6 Å². The second kappa shape index (κ2) is 8.50. The minimum absolute atomic E-state index is 0.0521. The molecule has 1 aromatic carbocycles. The number of nitrogens with one attached hydrogen (secondary N) is 1. The fourth-order valence-corrected chi connectivity index (χ4v) is 4.00.